The Bertz CT molecular complexity index is 448. The average Bonchev–Trinajstić information content (AvgIpc) is 3.04. The molecule has 2 saturated heterocycles. The van der Waals surface area contributed by atoms with Gasteiger partial charge in [-0.3, -0.25) is 9.78 Å². The zero-order valence-electron chi connectivity index (χ0n) is 11.0. The van der Waals surface area contributed by atoms with Crippen molar-refractivity contribution in [2.75, 3.05) is 13.2 Å². The van der Waals surface area contributed by atoms with Crippen LogP contribution in [0, 0.1) is 0 Å². The number of aromatic nitrogens is 1. The van der Waals surface area contributed by atoms with Gasteiger partial charge in [-0.2, -0.15) is 0 Å². The second-order valence-electron chi connectivity index (χ2n) is 5.04. The van der Waals surface area contributed by atoms with Crippen molar-refractivity contribution in [2.24, 2.45) is 0 Å². The summed E-state index contributed by atoms with van der Waals surface area (Å²) in [6, 6.07) is 3.96. The van der Waals surface area contributed by atoms with Gasteiger partial charge in [-0.15, -0.1) is 11.8 Å². The fourth-order valence-electron chi connectivity index (χ4n) is 2.65. The van der Waals surface area contributed by atoms with Crippen LogP contribution < -0.4 is 0 Å². The smallest absolute Gasteiger partial charge is 0.236 e. The SMILES string of the molecule is CC1SC(c2cccnc2)N(CC2CCCO2)C1=O. The lowest BCUT2D eigenvalue weighted by molar-refractivity contribution is -0.131. The van der Waals surface area contributed by atoms with Gasteiger partial charge < -0.3 is 9.64 Å². The summed E-state index contributed by atoms with van der Waals surface area (Å²) in [6.45, 7) is 3.51. The van der Waals surface area contributed by atoms with Crippen LogP contribution in [0.3, 0.4) is 0 Å². The molecule has 2 aliphatic rings. The summed E-state index contributed by atoms with van der Waals surface area (Å²) in [5.41, 5.74) is 1.10. The molecule has 0 bridgehead atoms. The van der Waals surface area contributed by atoms with Crippen LogP contribution in [0.2, 0.25) is 0 Å². The monoisotopic (exact) mass is 278 g/mol. The highest BCUT2D eigenvalue weighted by Gasteiger charge is 2.40. The molecule has 1 aromatic rings. The highest BCUT2D eigenvalue weighted by Crippen LogP contribution is 2.43. The maximum atomic E-state index is 12.3. The summed E-state index contributed by atoms with van der Waals surface area (Å²) < 4.78 is 5.66. The fraction of sp³-hybridized carbons (Fsp3) is 0.571. The second-order valence-corrected chi connectivity index (χ2v) is 6.47. The van der Waals surface area contributed by atoms with Gasteiger partial charge in [-0.05, 0) is 25.8 Å². The van der Waals surface area contributed by atoms with Gasteiger partial charge in [0, 0.05) is 31.1 Å². The maximum Gasteiger partial charge on any atom is 0.236 e. The van der Waals surface area contributed by atoms with Crippen molar-refractivity contribution in [3.8, 4) is 0 Å². The summed E-state index contributed by atoms with van der Waals surface area (Å²) in [7, 11) is 0. The van der Waals surface area contributed by atoms with Crippen molar-refractivity contribution >= 4 is 17.7 Å². The number of hydrogen-bond acceptors (Lipinski definition) is 4. The third-order valence-electron chi connectivity index (χ3n) is 3.64. The topological polar surface area (TPSA) is 42.4 Å². The van der Waals surface area contributed by atoms with E-state index < -0.39 is 0 Å². The zero-order valence-corrected chi connectivity index (χ0v) is 11.8. The molecule has 1 aromatic heterocycles. The van der Waals surface area contributed by atoms with Crippen molar-refractivity contribution in [3.05, 3.63) is 30.1 Å². The average molecular weight is 278 g/mol. The van der Waals surface area contributed by atoms with Gasteiger partial charge in [0.1, 0.15) is 5.37 Å². The molecule has 2 fully saturated rings. The van der Waals surface area contributed by atoms with E-state index in [-0.39, 0.29) is 22.6 Å². The standard InChI is InChI=1S/C14H18N2O2S/c1-10-13(17)16(9-12-5-3-7-18-12)14(19-10)11-4-2-6-15-8-11/h2,4,6,8,10,12,14H,3,5,7,9H2,1H3. The van der Waals surface area contributed by atoms with Crippen LogP contribution in [0.4, 0.5) is 0 Å². The van der Waals surface area contributed by atoms with E-state index in [1.807, 2.05) is 30.2 Å². The molecule has 19 heavy (non-hydrogen) atoms. The Morgan fingerprint density at radius 3 is 3.16 bits per heavy atom. The fourth-order valence-corrected chi connectivity index (χ4v) is 3.92. The molecule has 0 saturated carbocycles. The summed E-state index contributed by atoms with van der Waals surface area (Å²) in [5, 5.41) is 0.104. The van der Waals surface area contributed by atoms with Crippen molar-refractivity contribution in [1.29, 1.82) is 0 Å². The van der Waals surface area contributed by atoms with Crippen molar-refractivity contribution in [1.82, 2.24) is 9.88 Å². The number of thioether (sulfide) groups is 1. The Kier molecular flexibility index (Phi) is 3.75. The molecule has 0 radical (unpaired) electrons. The van der Waals surface area contributed by atoms with E-state index in [0.717, 1.165) is 25.0 Å². The molecule has 3 heterocycles. The Labute approximate surface area is 117 Å². The van der Waals surface area contributed by atoms with E-state index in [9.17, 15) is 4.79 Å². The first-order valence-corrected chi connectivity index (χ1v) is 7.67. The van der Waals surface area contributed by atoms with E-state index in [1.54, 1.807) is 18.0 Å². The number of amides is 1. The number of rotatable bonds is 3. The van der Waals surface area contributed by atoms with Gasteiger partial charge in [-0.1, -0.05) is 6.07 Å². The maximum absolute atomic E-state index is 12.3. The molecule has 3 unspecified atom stereocenters. The largest absolute Gasteiger partial charge is 0.376 e. The van der Waals surface area contributed by atoms with Crippen molar-refractivity contribution in [3.63, 3.8) is 0 Å². The molecule has 3 atom stereocenters. The lowest BCUT2D eigenvalue weighted by Crippen LogP contribution is -2.36. The summed E-state index contributed by atoms with van der Waals surface area (Å²) >= 11 is 1.70. The van der Waals surface area contributed by atoms with Gasteiger partial charge in [-0.25, -0.2) is 0 Å². The van der Waals surface area contributed by atoms with Crippen molar-refractivity contribution in [2.45, 2.75) is 36.5 Å². The van der Waals surface area contributed by atoms with Gasteiger partial charge in [0.25, 0.3) is 0 Å². The molecule has 3 rings (SSSR count). The Morgan fingerprint density at radius 1 is 1.58 bits per heavy atom. The summed E-state index contributed by atoms with van der Waals surface area (Å²) in [5.74, 6) is 0.217. The first-order valence-electron chi connectivity index (χ1n) is 6.73. The highest BCUT2D eigenvalue weighted by atomic mass is 32.2. The minimum Gasteiger partial charge on any atom is -0.376 e. The number of hydrogen-bond donors (Lipinski definition) is 0. The van der Waals surface area contributed by atoms with Crippen LogP contribution in [0.15, 0.2) is 24.5 Å². The number of carbonyl (C=O) groups is 1. The van der Waals surface area contributed by atoms with E-state index in [2.05, 4.69) is 4.98 Å². The predicted molar refractivity (Wildman–Crippen MR) is 74.7 cm³/mol. The zero-order chi connectivity index (χ0) is 13.2. The number of carbonyl (C=O) groups excluding carboxylic acids is 1. The molecule has 1 amide bonds. The summed E-state index contributed by atoms with van der Waals surface area (Å²) in [4.78, 5) is 18.4. The Morgan fingerprint density at radius 2 is 2.47 bits per heavy atom. The van der Waals surface area contributed by atoms with Crippen molar-refractivity contribution < 1.29 is 9.53 Å². The molecule has 5 heteroatoms. The molecular weight excluding hydrogens is 260 g/mol. The third kappa shape index (κ3) is 2.62. The van der Waals surface area contributed by atoms with Gasteiger partial charge in [0.15, 0.2) is 0 Å². The van der Waals surface area contributed by atoms with Crippen LogP contribution in [0.1, 0.15) is 30.7 Å². The number of pyridine rings is 1. The molecular formula is C14H18N2O2S. The Balaban J connectivity index is 1.79. The molecule has 0 aliphatic carbocycles. The summed E-state index contributed by atoms with van der Waals surface area (Å²) in [6.07, 6.45) is 5.98. The van der Waals surface area contributed by atoms with Crippen LogP contribution in [0.5, 0.6) is 0 Å². The van der Waals surface area contributed by atoms with Crippen LogP contribution in [0.25, 0.3) is 0 Å². The molecule has 2 aliphatic heterocycles. The van der Waals surface area contributed by atoms with Gasteiger partial charge in [0.2, 0.25) is 5.91 Å². The minimum absolute atomic E-state index is 0.0200. The van der Waals surface area contributed by atoms with Crippen LogP contribution in [-0.2, 0) is 9.53 Å². The molecule has 4 nitrogen and oxygen atoms in total. The Hall–Kier alpha value is -1.07. The van der Waals surface area contributed by atoms with Gasteiger partial charge in [0.05, 0.1) is 11.4 Å². The van der Waals surface area contributed by atoms with E-state index >= 15 is 0 Å². The predicted octanol–water partition coefficient (Wildman–Crippen LogP) is 2.22. The molecule has 0 spiro atoms. The van der Waals surface area contributed by atoms with E-state index in [1.165, 1.54) is 0 Å². The minimum atomic E-state index is 0.0200. The number of ether oxygens (including phenoxy) is 1. The van der Waals surface area contributed by atoms with E-state index in [0.29, 0.717) is 6.54 Å². The molecule has 0 aromatic carbocycles. The number of nitrogens with zero attached hydrogens (tertiary/aromatic N) is 2. The second kappa shape index (κ2) is 5.51. The van der Waals surface area contributed by atoms with Crippen LogP contribution >= 0.6 is 11.8 Å². The highest BCUT2D eigenvalue weighted by molar-refractivity contribution is 8.01. The normalized spacial score (nSPS) is 31.1. The van der Waals surface area contributed by atoms with Gasteiger partial charge >= 0.3 is 0 Å². The first kappa shape index (κ1) is 12.9. The quantitative estimate of drug-likeness (QED) is 0.850. The molecule has 0 N–H and O–H groups in total. The molecule has 102 valence electrons. The van der Waals surface area contributed by atoms with E-state index in [4.69, 9.17) is 4.74 Å². The first-order chi connectivity index (χ1) is 9.25. The van der Waals surface area contributed by atoms with Crippen LogP contribution in [-0.4, -0.2) is 40.3 Å². The lowest BCUT2D eigenvalue weighted by atomic mass is 10.2. The third-order valence-corrected chi connectivity index (χ3v) is 5.04. The lowest BCUT2D eigenvalue weighted by Gasteiger charge is -2.26.